The first kappa shape index (κ1) is 27.8. The van der Waals surface area contributed by atoms with Crippen LogP contribution in [0.5, 0.6) is 0 Å². The van der Waals surface area contributed by atoms with Crippen molar-refractivity contribution < 1.29 is 43.6 Å². The molecule has 39 heavy (non-hydrogen) atoms. The number of ether oxygens (including phenoxy) is 3. The molecule has 0 radical (unpaired) electrons. The molecular weight excluding hydrogens is 504 g/mol. The number of allylic oxidation sites excluding steroid dienone is 3. The van der Waals surface area contributed by atoms with E-state index in [9.17, 15) is 29.4 Å². The van der Waals surface area contributed by atoms with Crippen molar-refractivity contribution in [3.8, 4) is 0 Å². The van der Waals surface area contributed by atoms with Crippen molar-refractivity contribution in [2.75, 3.05) is 0 Å². The van der Waals surface area contributed by atoms with Gasteiger partial charge in [0.2, 0.25) is 6.29 Å². The van der Waals surface area contributed by atoms with Crippen LogP contribution in [0.1, 0.15) is 61.3 Å². The summed E-state index contributed by atoms with van der Waals surface area (Å²) in [5, 5.41) is 22.7. The summed E-state index contributed by atoms with van der Waals surface area (Å²) in [5.41, 5.74) is -2.34. The molecule has 2 N–H and O–H groups in total. The maximum absolute atomic E-state index is 13.1. The summed E-state index contributed by atoms with van der Waals surface area (Å²) in [7, 11) is 0. The summed E-state index contributed by atoms with van der Waals surface area (Å²) in [4.78, 5) is 50.1. The van der Waals surface area contributed by atoms with Crippen molar-refractivity contribution in [2.24, 2.45) is 39.4 Å². The van der Waals surface area contributed by atoms with E-state index in [0.717, 1.165) is 5.57 Å². The van der Waals surface area contributed by atoms with E-state index in [1.807, 2.05) is 46.8 Å². The number of ketones is 1. The second kappa shape index (κ2) is 8.61. The van der Waals surface area contributed by atoms with Gasteiger partial charge in [-0.3, -0.25) is 14.4 Å². The fourth-order valence-corrected chi connectivity index (χ4v) is 9.19. The second-order valence-electron chi connectivity index (χ2n) is 13.1. The van der Waals surface area contributed by atoms with Gasteiger partial charge in [0.05, 0.1) is 0 Å². The summed E-state index contributed by atoms with van der Waals surface area (Å²) in [5.74, 6) is -3.10. The van der Waals surface area contributed by atoms with Crippen LogP contribution in [0.25, 0.3) is 0 Å². The Balaban J connectivity index is 1.76. The SMILES string of the molecule is CC(=O)O[C@@H]1[C@H](O)[C@]2(C)C(=CC[C@H]2C2=CC(=O)O[C@H]2O)[C@]2(C)[C@H](OC(C)=O)C[C@H]3C(C)(C)C(=O)C=C[C@]3(C)[C@H]12. The molecule has 5 rings (SSSR count). The Morgan fingerprint density at radius 3 is 2.21 bits per heavy atom. The molecule has 212 valence electrons. The van der Waals surface area contributed by atoms with Gasteiger partial charge in [0.15, 0.2) is 5.78 Å². The lowest BCUT2D eigenvalue weighted by Gasteiger charge is -2.68. The first-order valence-corrected chi connectivity index (χ1v) is 13.6. The van der Waals surface area contributed by atoms with Crippen LogP contribution in [0, 0.1) is 39.4 Å². The van der Waals surface area contributed by atoms with Crippen LogP contribution >= 0.6 is 0 Å². The predicted octanol–water partition coefficient (Wildman–Crippen LogP) is 2.79. The van der Waals surface area contributed by atoms with Crippen LogP contribution in [0.2, 0.25) is 0 Å². The molecule has 2 fully saturated rings. The molecule has 0 aromatic rings. The maximum atomic E-state index is 13.1. The average molecular weight is 543 g/mol. The number of rotatable bonds is 3. The highest BCUT2D eigenvalue weighted by Gasteiger charge is 2.74. The fourth-order valence-electron chi connectivity index (χ4n) is 9.19. The molecule has 2 saturated carbocycles. The van der Waals surface area contributed by atoms with E-state index in [0.29, 0.717) is 18.4 Å². The van der Waals surface area contributed by atoms with Crippen LogP contribution in [0.3, 0.4) is 0 Å². The monoisotopic (exact) mass is 542 g/mol. The number of carbonyl (C=O) groups excluding carboxylic acids is 4. The quantitative estimate of drug-likeness (QED) is 0.313. The highest BCUT2D eigenvalue weighted by Crippen LogP contribution is 2.73. The second-order valence-corrected chi connectivity index (χ2v) is 13.1. The average Bonchev–Trinajstić information content (AvgIpc) is 3.34. The number of hydrogen-bond acceptors (Lipinski definition) is 9. The van der Waals surface area contributed by atoms with E-state index in [-0.39, 0.29) is 11.7 Å². The molecule has 0 aromatic heterocycles. The molecule has 0 amide bonds. The number of esters is 3. The largest absolute Gasteiger partial charge is 0.462 e. The van der Waals surface area contributed by atoms with Gasteiger partial charge in [-0.05, 0) is 30.3 Å². The Kier molecular flexibility index (Phi) is 6.13. The van der Waals surface area contributed by atoms with Gasteiger partial charge in [-0.25, -0.2) is 4.79 Å². The van der Waals surface area contributed by atoms with Crippen molar-refractivity contribution in [2.45, 2.75) is 85.9 Å². The van der Waals surface area contributed by atoms with Crippen LogP contribution in [-0.4, -0.2) is 58.5 Å². The lowest BCUT2D eigenvalue weighted by molar-refractivity contribution is -0.242. The molecule has 0 bridgehead atoms. The Labute approximate surface area is 228 Å². The molecule has 0 aromatic carbocycles. The zero-order valence-electron chi connectivity index (χ0n) is 23.5. The van der Waals surface area contributed by atoms with Crippen molar-refractivity contribution >= 4 is 23.7 Å². The third kappa shape index (κ3) is 3.58. The van der Waals surface area contributed by atoms with Crippen LogP contribution < -0.4 is 0 Å². The van der Waals surface area contributed by atoms with Gasteiger partial charge in [-0.1, -0.05) is 52.3 Å². The standard InChI is InChI=1S/C30H38O9/c1-14(31)37-21-13-19-27(3,4)20(33)10-11-28(19,5)24-23(38-15(2)32)25(35)29(6)17(8-9-18(29)30(21,24)7)16-12-22(34)39-26(16)36/h9-12,17,19,21,23-26,35-36H,8,13H2,1-7H3/t17-,19-,21+,23-,24-,25-,26+,28-,29-,30+/m0/s1. The zero-order chi connectivity index (χ0) is 28.9. The molecular formula is C30H38O9. The topological polar surface area (TPSA) is 136 Å². The lowest BCUT2D eigenvalue weighted by Crippen LogP contribution is -2.72. The molecule has 0 saturated heterocycles. The van der Waals surface area contributed by atoms with Gasteiger partial charge in [0.25, 0.3) is 0 Å². The van der Waals surface area contributed by atoms with Gasteiger partial charge in [0.1, 0.15) is 18.3 Å². The molecule has 5 aliphatic rings. The van der Waals surface area contributed by atoms with Crippen molar-refractivity contribution in [3.05, 3.63) is 35.5 Å². The third-order valence-corrected chi connectivity index (χ3v) is 10.8. The van der Waals surface area contributed by atoms with E-state index >= 15 is 0 Å². The van der Waals surface area contributed by atoms with Gasteiger partial charge < -0.3 is 24.4 Å². The molecule has 9 nitrogen and oxygen atoms in total. The summed E-state index contributed by atoms with van der Waals surface area (Å²) < 4.78 is 17.0. The van der Waals surface area contributed by atoms with Crippen molar-refractivity contribution in [1.29, 1.82) is 0 Å². The van der Waals surface area contributed by atoms with Crippen LogP contribution in [-0.2, 0) is 33.4 Å². The van der Waals surface area contributed by atoms with Gasteiger partial charge in [0, 0.05) is 53.6 Å². The number of hydrogen-bond donors (Lipinski definition) is 2. The molecule has 0 unspecified atom stereocenters. The third-order valence-electron chi connectivity index (χ3n) is 10.8. The highest BCUT2D eigenvalue weighted by molar-refractivity contribution is 5.96. The minimum absolute atomic E-state index is 0.0349. The molecule has 0 spiro atoms. The molecule has 1 aliphatic heterocycles. The van der Waals surface area contributed by atoms with Gasteiger partial charge >= 0.3 is 17.9 Å². The minimum atomic E-state index is -1.44. The number of cyclic esters (lactones) is 1. The number of aliphatic hydroxyl groups is 2. The Morgan fingerprint density at radius 2 is 1.64 bits per heavy atom. The highest BCUT2D eigenvalue weighted by atomic mass is 16.6. The Hall–Kier alpha value is -2.78. The number of fused-ring (bicyclic) bond motifs is 5. The van der Waals surface area contributed by atoms with Crippen LogP contribution in [0.15, 0.2) is 35.5 Å². The lowest BCUT2D eigenvalue weighted by atomic mass is 9.37. The summed E-state index contributed by atoms with van der Waals surface area (Å²) >= 11 is 0. The van der Waals surface area contributed by atoms with E-state index in [2.05, 4.69) is 0 Å². The minimum Gasteiger partial charge on any atom is -0.462 e. The summed E-state index contributed by atoms with van der Waals surface area (Å²) in [6.07, 6.45) is 3.12. The molecule has 4 aliphatic carbocycles. The van der Waals surface area contributed by atoms with E-state index in [4.69, 9.17) is 14.2 Å². The summed E-state index contributed by atoms with van der Waals surface area (Å²) in [6.45, 7) is 12.3. The molecule has 10 atom stereocenters. The van der Waals surface area contributed by atoms with E-state index < -0.39 is 76.0 Å². The number of aliphatic hydroxyl groups excluding tert-OH is 2. The van der Waals surface area contributed by atoms with Gasteiger partial charge in [-0.2, -0.15) is 0 Å². The Bertz CT molecular complexity index is 1240. The fraction of sp³-hybridized carbons (Fsp3) is 0.667. The predicted molar refractivity (Wildman–Crippen MR) is 137 cm³/mol. The normalized spacial score (nSPS) is 45.8. The molecule has 9 heteroatoms. The van der Waals surface area contributed by atoms with E-state index in [1.54, 1.807) is 6.08 Å². The van der Waals surface area contributed by atoms with Gasteiger partial charge in [-0.15, -0.1) is 0 Å². The Morgan fingerprint density at radius 1 is 1.00 bits per heavy atom. The summed E-state index contributed by atoms with van der Waals surface area (Å²) in [6, 6.07) is 0. The maximum Gasteiger partial charge on any atom is 0.333 e. The number of carbonyl (C=O) groups is 4. The first-order valence-electron chi connectivity index (χ1n) is 13.6. The van der Waals surface area contributed by atoms with E-state index in [1.165, 1.54) is 19.9 Å². The van der Waals surface area contributed by atoms with Crippen molar-refractivity contribution in [3.63, 3.8) is 0 Å². The van der Waals surface area contributed by atoms with Crippen LogP contribution in [0.4, 0.5) is 0 Å². The first-order chi connectivity index (χ1) is 18.0. The molecule has 1 heterocycles. The smallest absolute Gasteiger partial charge is 0.333 e. The zero-order valence-corrected chi connectivity index (χ0v) is 23.5. The van der Waals surface area contributed by atoms with Crippen molar-refractivity contribution in [1.82, 2.24) is 0 Å².